The zero-order chi connectivity index (χ0) is 35.0. The van der Waals surface area contributed by atoms with Gasteiger partial charge in [0.15, 0.2) is 0 Å². The fraction of sp³-hybridized carbons (Fsp3) is 0.625. The quantitative estimate of drug-likeness (QED) is 0.293. The number of hydrogen-bond acceptors (Lipinski definition) is 0. The maximum absolute atomic E-state index is 3.40. The van der Waals surface area contributed by atoms with Crippen molar-refractivity contribution in [1.82, 2.24) is 9.97 Å². The summed E-state index contributed by atoms with van der Waals surface area (Å²) in [6, 6.07) is 4.69. The zero-order valence-corrected chi connectivity index (χ0v) is 32.7. The summed E-state index contributed by atoms with van der Waals surface area (Å²) in [6.45, 7) is 17.3. The molecular formula is C48H68N2. The molecule has 2 aromatic heterocycles. The maximum Gasteiger partial charge on any atom is 0.00429 e. The van der Waals surface area contributed by atoms with Gasteiger partial charge in [0.2, 0.25) is 0 Å². The molecule has 5 aliphatic carbocycles. The van der Waals surface area contributed by atoms with Crippen LogP contribution in [0, 0.1) is 46.8 Å². The topological polar surface area (TPSA) is 31.6 Å². The van der Waals surface area contributed by atoms with E-state index in [1.54, 1.807) is 22.3 Å². The first-order valence-corrected chi connectivity index (χ1v) is 20.9. The molecule has 0 aliphatic heterocycles. The van der Waals surface area contributed by atoms with E-state index in [1.807, 2.05) is 0 Å². The van der Waals surface area contributed by atoms with Crippen LogP contribution in [0.5, 0.6) is 0 Å². The number of aromatic nitrogens is 2. The Morgan fingerprint density at radius 1 is 0.900 bits per heavy atom. The lowest BCUT2D eigenvalue weighted by Crippen LogP contribution is -2.36. The fourth-order valence-electron chi connectivity index (χ4n) is 12.9. The van der Waals surface area contributed by atoms with Crippen molar-refractivity contribution in [1.29, 1.82) is 0 Å². The summed E-state index contributed by atoms with van der Waals surface area (Å²) in [4.78, 5) is 6.74. The first-order chi connectivity index (χ1) is 24.2. The summed E-state index contributed by atoms with van der Waals surface area (Å²) < 4.78 is 0. The van der Waals surface area contributed by atoms with Gasteiger partial charge in [-0.1, -0.05) is 77.0 Å². The summed E-state index contributed by atoms with van der Waals surface area (Å²) in [7, 11) is 0. The van der Waals surface area contributed by atoms with Crippen molar-refractivity contribution in [2.75, 3.05) is 0 Å². The predicted octanol–water partition coefficient (Wildman–Crippen LogP) is 13.6. The molecule has 0 aromatic carbocycles. The molecule has 2 heterocycles. The smallest absolute Gasteiger partial charge is 0.00429 e. The molecular weight excluding hydrogens is 605 g/mol. The lowest BCUT2D eigenvalue weighted by atomic mass is 9.58. The summed E-state index contributed by atoms with van der Waals surface area (Å²) in [5, 5.41) is 0. The van der Waals surface area contributed by atoms with E-state index in [1.165, 1.54) is 93.7 Å². The second-order valence-corrected chi connectivity index (χ2v) is 18.4. The first-order valence-electron chi connectivity index (χ1n) is 20.9. The van der Waals surface area contributed by atoms with E-state index in [2.05, 4.69) is 126 Å². The van der Waals surface area contributed by atoms with E-state index in [0.717, 1.165) is 36.0 Å². The van der Waals surface area contributed by atoms with Crippen LogP contribution >= 0.6 is 0 Å². The standard InChI is InChI=1S/C48H68N2/c1-8-34-22-36-12-13-37(29-47(7,28-34)43-17-19-50-31-43)46(36)35(9-2)23-40-24-41-25-42(14-15-45(41)44(40)10-3)48(11-4)26-32(5)20-39(21-33(6)27-48)38-16-18-49-30-38/h9-10,14-19,23,30-34,36-37,39,42,46,49-50H,8,11-13,20-22,24-29H2,1-7H3/b35-9+,40-23-,44-10+/t32-,33+,34-,36+,37-,39-,42+,46-,47?,48+/m1/s1. The van der Waals surface area contributed by atoms with E-state index in [0.29, 0.717) is 23.2 Å². The molecule has 2 N–H and O–H groups in total. The van der Waals surface area contributed by atoms with Crippen LogP contribution in [0.2, 0.25) is 0 Å². The van der Waals surface area contributed by atoms with Gasteiger partial charge in [-0.15, -0.1) is 0 Å². The minimum atomic E-state index is 0.261. The van der Waals surface area contributed by atoms with Crippen LogP contribution in [0.25, 0.3) is 0 Å². The summed E-state index contributed by atoms with van der Waals surface area (Å²) >= 11 is 0. The SMILES string of the molecule is C\C=C(/C=C1/CC2=C(C=C[C@H]([C@@]3(CC)C[C@H](C)C[C@@H](c4cc[nH]c4)C[C@H](C)C3)C2)/C1=C/C)[C@H]1[C@@H]2CC[C@H]1C[C@@H](CC)CC(C)(c1cc[nH]c1)C2. The highest BCUT2D eigenvalue weighted by Gasteiger charge is 2.46. The Bertz CT molecular complexity index is 1590. The highest BCUT2D eigenvalue weighted by Crippen LogP contribution is 2.57. The minimum Gasteiger partial charge on any atom is -0.367 e. The van der Waals surface area contributed by atoms with E-state index in [-0.39, 0.29) is 5.41 Å². The third-order valence-corrected chi connectivity index (χ3v) is 15.1. The van der Waals surface area contributed by atoms with Gasteiger partial charge in [-0.25, -0.2) is 0 Å². The summed E-state index contributed by atoms with van der Waals surface area (Å²) in [6.07, 6.45) is 38.9. The van der Waals surface area contributed by atoms with E-state index >= 15 is 0 Å². The van der Waals surface area contributed by atoms with Gasteiger partial charge >= 0.3 is 0 Å². The number of allylic oxidation sites excluding steroid dienone is 10. The van der Waals surface area contributed by atoms with Crippen LogP contribution in [-0.2, 0) is 5.41 Å². The van der Waals surface area contributed by atoms with Crippen molar-refractivity contribution >= 4 is 0 Å². The average molecular weight is 673 g/mol. The van der Waals surface area contributed by atoms with Crippen LogP contribution in [0.15, 0.2) is 95.2 Å². The van der Waals surface area contributed by atoms with Gasteiger partial charge in [0.05, 0.1) is 0 Å². The lowest BCUT2D eigenvalue weighted by Gasteiger charge is -2.46. The van der Waals surface area contributed by atoms with Gasteiger partial charge in [-0.2, -0.15) is 0 Å². The van der Waals surface area contributed by atoms with Crippen molar-refractivity contribution in [2.45, 2.75) is 143 Å². The van der Waals surface area contributed by atoms with Crippen LogP contribution in [0.1, 0.15) is 149 Å². The van der Waals surface area contributed by atoms with E-state index in [9.17, 15) is 0 Å². The molecule has 270 valence electrons. The maximum atomic E-state index is 3.40. The van der Waals surface area contributed by atoms with Gasteiger partial charge in [-0.05, 0) is 195 Å². The van der Waals surface area contributed by atoms with E-state index < -0.39 is 0 Å². The van der Waals surface area contributed by atoms with Crippen molar-refractivity contribution in [3.63, 3.8) is 0 Å². The van der Waals surface area contributed by atoms with Gasteiger partial charge < -0.3 is 9.97 Å². The normalized spacial score (nSPS) is 39.8. The molecule has 1 unspecified atom stereocenters. The van der Waals surface area contributed by atoms with Crippen molar-refractivity contribution in [2.24, 2.45) is 46.8 Å². The Morgan fingerprint density at radius 3 is 2.28 bits per heavy atom. The number of aromatic amines is 2. The highest BCUT2D eigenvalue weighted by molar-refractivity contribution is 5.63. The molecule has 2 heteroatoms. The zero-order valence-electron chi connectivity index (χ0n) is 32.7. The van der Waals surface area contributed by atoms with Crippen molar-refractivity contribution in [3.05, 3.63) is 106 Å². The molecule has 0 amide bonds. The average Bonchev–Trinajstić information content (AvgIpc) is 3.92. The molecule has 2 nitrogen and oxygen atoms in total. The van der Waals surface area contributed by atoms with Crippen LogP contribution in [0.4, 0.5) is 0 Å². The molecule has 50 heavy (non-hydrogen) atoms. The summed E-state index contributed by atoms with van der Waals surface area (Å²) in [5.41, 5.74) is 11.8. The number of fused-ring (bicyclic) bond motifs is 2. The fourth-order valence-corrected chi connectivity index (χ4v) is 12.9. The number of H-pyrrole nitrogens is 2. The van der Waals surface area contributed by atoms with Crippen LogP contribution < -0.4 is 0 Å². The first kappa shape index (κ1) is 35.7. The Morgan fingerprint density at radius 2 is 1.64 bits per heavy atom. The molecule has 10 atom stereocenters. The Balaban J connectivity index is 1.11. The molecule has 2 bridgehead atoms. The minimum absolute atomic E-state index is 0.261. The molecule has 3 saturated carbocycles. The highest BCUT2D eigenvalue weighted by atomic mass is 14.6. The van der Waals surface area contributed by atoms with Crippen LogP contribution in [-0.4, -0.2) is 9.97 Å². The second kappa shape index (κ2) is 14.7. The van der Waals surface area contributed by atoms with Gasteiger partial charge in [0.25, 0.3) is 0 Å². The Labute approximate surface area is 305 Å². The predicted molar refractivity (Wildman–Crippen MR) is 213 cm³/mol. The van der Waals surface area contributed by atoms with Crippen LogP contribution in [0.3, 0.4) is 0 Å². The molecule has 0 radical (unpaired) electrons. The molecule has 0 spiro atoms. The third-order valence-electron chi connectivity index (χ3n) is 15.1. The monoisotopic (exact) mass is 673 g/mol. The molecule has 5 aliphatic rings. The molecule has 2 aromatic rings. The van der Waals surface area contributed by atoms with Crippen molar-refractivity contribution in [3.8, 4) is 0 Å². The lowest BCUT2D eigenvalue weighted by molar-refractivity contribution is 0.0794. The largest absolute Gasteiger partial charge is 0.367 e. The van der Waals surface area contributed by atoms with Crippen molar-refractivity contribution < 1.29 is 0 Å². The number of hydrogen-bond donors (Lipinski definition) is 2. The molecule has 3 fully saturated rings. The Kier molecular flexibility index (Phi) is 10.5. The van der Waals surface area contributed by atoms with Gasteiger partial charge in [0.1, 0.15) is 0 Å². The van der Waals surface area contributed by atoms with Gasteiger partial charge in [-0.3, -0.25) is 0 Å². The molecule has 0 saturated heterocycles. The third kappa shape index (κ3) is 6.79. The van der Waals surface area contributed by atoms with E-state index in [4.69, 9.17) is 0 Å². The van der Waals surface area contributed by atoms with Gasteiger partial charge in [0, 0.05) is 24.8 Å². The number of rotatable bonds is 7. The number of nitrogens with one attached hydrogen (secondary N) is 2. The summed E-state index contributed by atoms with van der Waals surface area (Å²) in [5.74, 6) is 5.94. The molecule has 7 rings (SSSR count). The second-order valence-electron chi connectivity index (χ2n) is 18.4. The Hall–Kier alpha value is -2.74.